The number of carbonyl (C=O) groups excluding carboxylic acids is 1. The lowest BCUT2D eigenvalue weighted by Gasteiger charge is -2.17. The van der Waals surface area contributed by atoms with Gasteiger partial charge in [-0.3, -0.25) is 4.79 Å². The zero-order chi connectivity index (χ0) is 13.3. The first-order chi connectivity index (χ1) is 8.52. The summed E-state index contributed by atoms with van der Waals surface area (Å²) in [4.78, 5) is 14.1. The molecule has 1 aromatic carbocycles. The number of carbonyl (C=O) groups is 1. The third kappa shape index (κ3) is 2.04. The van der Waals surface area contributed by atoms with Crippen LogP contribution >= 0.6 is 0 Å². The van der Waals surface area contributed by atoms with Crippen LogP contribution in [0.1, 0.15) is 27.4 Å². The van der Waals surface area contributed by atoms with Crippen molar-refractivity contribution >= 4 is 11.6 Å². The lowest BCUT2D eigenvalue weighted by atomic mass is 10.1. The molecule has 1 aromatic heterocycles. The highest BCUT2D eigenvalue weighted by atomic mass is 16.3. The summed E-state index contributed by atoms with van der Waals surface area (Å²) in [5.74, 6) is 1.45. The molecule has 0 saturated heterocycles. The molecule has 0 N–H and O–H groups in total. The monoisotopic (exact) mass is 243 g/mol. The molecule has 0 fully saturated rings. The Morgan fingerprint density at radius 3 is 2.17 bits per heavy atom. The first-order valence-corrected chi connectivity index (χ1v) is 5.92. The molecule has 2 aromatic rings. The molecule has 0 saturated carbocycles. The van der Waals surface area contributed by atoms with Gasteiger partial charge in [-0.2, -0.15) is 0 Å². The minimum atomic E-state index is -0.0342. The maximum Gasteiger partial charge on any atom is 0.261 e. The summed E-state index contributed by atoms with van der Waals surface area (Å²) < 4.78 is 5.50. The number of hydrogen-bond donors (Lipinski definition) is 0. The van der Waals surface area contributed by atoms with Crippen LogP contribution in [0.3, 0.4) is 0 Å². The smallest absolute Gasteiger partial charge is 0.261 e. The van der Waals surface area contributed by atoms with Gasteiger partial charge in [-0.15, -0.1) is 0 Å². The minimum Gasteiger partial charge on any atom is -0.466 e. The Balaban J connectivity index is 2.38. The molecule has 3 nitrogen and oxygen atoms in total. The van der Waals surface area contributed by atoms with Crippen molar-refractivity contribution in [1.82, 2.24) is 0 Å². The Labute approximate surface area is 107 Å². The number of para-hydroxylation sites is 1. The summed E-state index contributed by atoms with van der Waals surface area (Å²) in [6, 6.07) is 9.59. The second kappa shape index (κ2) is 4.69. The topological polar surface area (TPSA) is 33.5 Å². The molecule has 0 aliphatic carbocycles. The zero-order valence-corrected chi connectivity index (χ0v) is 11.2. The maximum absolute atomic E-state index is 12.5. The van der Waals surface area contributed by atoms with Gasteiger partial charge < -0.3 is 9.32 Å². The maximum atomic E-state index is 12.5. The van der Waals surface area contributed by atoms with Gasteiger partial charge in [0, 0.05) is 18.3 Å². The SMILES string of the molecule is Cc1oc(C)c(C(=O)N(C)c2ccccc2)c1C. The van der Waals surface area contributed by atoms with E-state index in [0.29, 0.717) is 11.3 Å². The molecule has 94 valence electrons. The molecule has 1 amide bonds. The molecule has 18 heavy (non-hydrogen) atoms. The Morgan fingerprint density at radius 1 is 1.06 bits per heavy atom. The number of aryl methyl sites for hydroxylation is 2. The lowest BCUT2D eigenvalue weighted by molar-refractivity contribution is 0.0991. The Bertz CT molecular complexity index is 570. The van der Waals surface area contributed by atoms with Gasteiger partial charge in [0.2, 0.25) is 0 Å². The van der Waals surface area contributed by atoms with Crippen LogP contribution in [0.15, 0.2) is 34.7 Å². The summed E-state index contributed by atoms with van der Waals surface area (Å²) in [5.41, 5.74) is 2.46. The van der Waals surface area contributed by atoms with Crippen LogP contribution in [0.4, 0.5) is 5.69 Å². The highest BCUT2D eigenvalue weighted by Crippen LogP contribution is 2.24. The van der Waals surface area contributed by atoms with E-state index < -0.39 is 0 Å². The van der Waals surface area contributed by atoms with Crippen molar-refractivity contribution in [3.8, 4) is 0 Å². The minimum absolute atomic E-state index is 0.0342. The van der Waals surface area contributed by atoms with Crippen LogP contribution in [0.5, 0.6) is 0 Å². The predicted molar refractivity (Wildman–Crippen MR) is 72.1 cm³/mol. The van der Waals surface area contributed by atoms with Crippen molar-refractivity contribution in [1.29, 1.82) is 0 Å². The summed E-state index contributed by atoms with van der Waals surface area (Å²) >= 11 is 0. The molecule has 3 heteroatoms. The second-order valence-corrected chi connectivity index (χ2v) is 4.41. The van der Waals surface area contributed by atoms with Crippen LogP contribution in [0.2, 0.25) is 0 Å². The van der Waals surface area contributed by atoms with Gasteiger partial charge in [-0.05, 0) is 32.9 Å². The molecule has 0 aliphatic heterocycles. The molecule has 0 spiro atoms. The number of nitrogens with zero attached hydrogens (tertiary/aromatic N) is 1. The lowest BCUT2D eigenvalue weighted by Crippen LogP contribution is -2.27. The van der Waals surface area contributed by atoms with Gasteiger partial charge in [0.15, 0.2) is 0 Å². The van der Waals surface area contributed by atoms with Crippen molar-refractivity contribution in [2.75, 3.05) is 11.9 Å². The van der Waals surface area contributed by atoms with Gasteiger partial charge in [0.05, 0.1) is 5.56 Å². The first-order valence-electron chi connectivity index (χ1n) is 5.92. The highest BCUT2D eigenvalue weighted by Gasteiger charge is 2.22. The normalized spacial score (nSPS) is 10.4. The number of anilines is 1. The standard InChI is InChI=1S/C15H17NO2/c1-10-11(2)18-12(3)14(10)15(17)16(4)13-8-6-5-7-9-13/h5-9H,1-4H3. The van der Waals surface area contributed by atoms with Crippen LogP contribution in [-0.4, -0.2) is 13.0 Å². The Kier molecular flexibility index (Phi) is 3.24. The van der Waals surface area contributed by atoms with E-state index in [2.05, 4.69) is 0 Å². The van der Waals surface area contributed by atoms with Crippen LogP contribution < -0.4 is 4.90 Å². The van der Waals surface area contributed by atoms with Gasteiger partial charge in [0.25, 0.3) is 5.91 Å². The molecule has 0 bridgehead atoms. The Hall–Kier alpha value is -2.03. The molecular weight excluding hydrogens is 226 g/mol. The van der Waals surface area contributed by atoms with Crippen LogP contribution in [-0.2, 0) is 0 Å². The zero-order valence-electron chi connectivity index (χ0n) is 11.2. The molecule has 1 heterocycles. The third-order valence-corrected chi connectivity index (χ3v) is 3.22. The van der Waals surface area contributed by atoms with Crippen LogP contribution in [0, 0.1) is 20.8 Å². The quantitative estimate of drug-likeness (QED) is 0.809. The largest absolute Gasteiger partial charge is 0.466 e. The third-order valence-electron chi connectivity index (χ3n) is 3.22. The number of amides is 1. The van der Waals surface area contributed by atoms with Gasteiger partial charge in [-0.1, -0.05) is 18.2 Å². The number of rotatable bonds is 2. The first kappa shape index (κ1) is 12.4. The second-order valence-electron chi connectivity index (χ2n) is 4.41. The van der Waals surface area contributed by atoms with Crippen LogP contribution in [0.25, 0.3) is 0 Å². The van der Waals surface area contributed by atoms with Gasteiger partial charge >= 0.3 is 0 Å². The fourth-order valence-corrected chi connectivity index (χ4v) is 2.04. The number of furan rings is 1. The fourth-order valence-electron chi connectivity index (χ4n) is 2.04. The van der Waals surface area contributed by atoms with E-state index in [9.17, 15) is 4.79 Å². The molecule has 0 radical (unpaired) electrons. The summed E-state index contributed by atoms with van der Waals surface area (Å²) in [6.07, 6.45) is 0. The summed E-state index contributed by atoms with van der Waals surface area (Å²) in [7, 11) is 1.78. The van der Waals surface area contributed by atoms with E-state index in [-0.39, 0.29) is 5.91 Å². The van der Waals surface area contributed by atoms with E-state index >= 15 is 0 Å². The molecule has 0 aliphatic rings. The van der Waals surface area contributed by atoms with Crippen molar-refractivity contribution in [2.24, 2.45) is 0 Å². The fraction of sp³-hybridized carbons (Fsp3) is 0.267. The van der Waals surface area contributed by atoms with E-state index in [1.54, 1.807) is 11.9 Å². The van der Waals surface area contributed by atoms with Gasteiger partial charge in [-0.25, -0.2) is 0 Å². The van der Waals surface area contributed by atoms with Crippen molar-refractivity contribution in [3.63, 3.8) is 0 Å². The number of benzene rings is 1. The van der Waals surface area contributed by atoms with E-state index in [0.717, 1.165) is 17.0 Å². The molecule has 0 unspecified atom stereocenters. The van der Waals surface area contributed by atoms with E-state index in [4.69, 9.17) is 4.42 Å². The van der Waals surface area contributed by atoms with Crippen molar-refractivity contribution < 1.29 is 9.21 Å². The van der Waals surface area contributed by atoms with E-state index in [1.165, 1.54) is 0 Å². The molecule has 2 rings (SSSR count). The Morgan fingerprint density at radius 2 is 1.67 bits per heavy atom. The van der Waals surface area contributed by atoms with Crippen molar-refractivity contribution in [2.45, 2.75) is 20.8 Å². The van der Waals surface area contributed by atoms with E-state index in [1.807, 2.05) is 51.1 Å². The average Bonchev–Trinajstić information content (AvgIpc) is 2.63. The summed E-state index contributed by atoms with van der Waals surface area (Å²) in [6.45, 7) is 5.62. The average molecular weight is 243 g/mol. The van der Waals surface area contributed by atoms with Gasteiger partial charge in [0.1, 0.15) is 11.5 Å². The molecule has 0 atom stereocenters. The summed E-state index contributed by atoms with van der Waals surface area (Å²) in [5, 5.41) is 0. The molecular formula is C15H17NO2. The highest BCUT2D eigenvalue weighted by molar-refractivity contribution is 6.07. The van der Waals surface area contributed by atoms with Crippen molar-refractivity contribution in [3.05, 3.63) is 53.0 Å². The number of hydrogen-bond acceptors (Lipinski definition) is 2. The predicted octanol–water partition coefficient (Wildman–Crippen LogP) is 3.48.